The molecule has 108 valence electrons. The van der Waals surface area contributed by atoms with E-state index in [0.717, 1.165) is 5.56 Å². The molecular formula is C13H10F3N5. The molecule has 0 atom stereocenters. The Labute approximate surface area is 117 Å². The third-order valence-electron chi connectivity index (χ3n) is 2.87. The zero-order valence-corrected chi connectivity index (χ0v) is 10.6. The maximum atomic E-state index is 12.8. The molecule has 21 heavy (non-hydrogen) atoms. The monoisotopic (exact) mass is 293 g/mol. The van der Waals surface area contributed by atoms with Crippen molar-refractivity contribution in [2.45, 2.75) is 12.7 Å². The number of nitrogens with zero attached hydrogens (tertiary/aromatic N) is 3. The van der Waals surface area contributed by atoms with Crippen molar-refractivity contribution in [2.75, 3.05) is 5.32 Å². The average Bonchev–Trinajstić information content (AvgIpc) is 2.93. The molecule has 8 heteroatoms. The lowest BCUT2D eigenvalue weighted by molar-refractivity contribution is -0.144. The van der Waals surface area contributed by atoms with Crippen molar-refractivity contribution >= 4 is 16.9 Å². The molecule has 0 saturated carbocycles. The van der Waals surface area contributed by atoms with Crippen LogP contribution in [0.15, 0.2) is 36.5 Å². The first-order valence-corrected chi connectivity index (χ1v) is 6.10. The molecule has 3 aromatic rings. The molecule has 0 bridgehead atoms. The minimum Gasteiger partial charge on any atom is -0.365 e. The third-order valence-corrected chi connectivity index (χ3v) is 2.87. The van der Waals surface area contributed by atoms with E-state index < -0.39 is 12.0 Å². The van der Waals surface area contributed by atoms with Crippen LogP contribution in [-0.2, 0) is 12.7 Å². The van der Waals surface area contributed by atoms with Crippen LogP contribution in [0.2, 0.25) is 0 Å². The van der Waals surface area contributed by atoms with E-state index in [0.29, 0.717) is 11.9 Å². The number of hydrogen-bond donors (Lipinski definition) is 2. The van der Waals surface area contributed by atoms with Crippen LogP contribution in [0.25, 0.3) is 11.0 Å². The van der Waals surface area contributed by atoms with Crippen LogP contribution < -0.4 is 5.32 Å². The van der Waals surface area contributed by atoms with Crippen LogP contribution in [0, 0.1) is 0 Å². The van der Waals surface area contributed by atoms with Gasteiger partial charge in [0.1, 0.15) is 5.82 Å². The van der Waals surface area contributed by atoms with E-state index >= 15 is 0 Å². The fraction of sp³-hybridized carbons (Fsp3) is 0.154. The number of rotatable bonds is 3. The van der Waals surface area contributed by atoms with Crippen molar-refractivity contribution in [1.82, 2.24) is 20.2 Å². The fourth-order valence-corrected chi connectivity index (χ4v) is 1.88. The normalized spacial score (nSPS) is 11.8. The van der Waals surface area contributed by atoms with E-state index in [9.17, 15) is 13.2 Å². The van der Waals surface area contributed by atoms with E-state index in [1.165, 1.54) is 6.20 Å². The Kier molecular flexibility index (Phi) is 3.20. The van der Waals surface area contributed by atoms with E-state index in [2.05, 4.69) is 25.5 Å². The summed E-state index contributed by atoms with van der Waals surface area (Å²) < 4.78 is 38.3. The van der Waals surface area contributed by atoms with Gasteiger partial charge in [0.2, 0.25) is 5.82 Å². The van der Waals surface area contributed by atoms with Gasteiger partial charge in [0.25, 0.3) is 0 Å². The first kappa shape index (κ1) is 13.3. The standard InChI is InChI=1S/C13H10F3N5/c14-13(15,16)12-19-10(9-7-18-21-11(9)20-12)17-6-8-4-2-1-3-5-8/h1-5,7H,6H2,(H2,17,18,19,20,21). The van der Waals surface area contributed by atoms with E-state index in [1.807, 2.05) is 30.3 Å². The van der Waals surface area contributed by atoms with Crippen LogP contribution in [0.4, 0.5) is 19.0 Å². The summed E-state index contributed by atoms with van der Waals surface area (Å²) in [5, 5.41) is 9.44. The summed E-state index contributed by atoms with van der Waals surface area (Å²) in [4.78, 5) is 6.98. The summed E-state index contributed by atoms with van der Waals surface area (Å²) in [6.45, 7) is 0.357. The van der Waals surface area contributed by atoms with Crippen LogP contribution >= 0.6 is 0 Å². The van der Waals surface area contributed by atoms with Gasteiger partial charge < -0.3 is 5.32 Å². The molecule has 0 spiro atoms. The quantitative estimate of drug-likeness (QED) is 0.779. The Morgan fingerprint density at radius 3 is 2.57 bits per heavy atom. The second-order valence-corrected chi connectivity index (χ2v) is 4.37. The van der Waals surface area contributed by atoms with Crippen molar-refractivity contribution in [3.8, 4) is 0 Å². The molecule has 0 aliphatic rings. The maximum Gasteiger partial charge on any atom is 0.451 e. The van der Waals surface area contributed by atoms with Crippen LogP contribution in [-0.4, -0.2) is 20.2 Å². The molecule has 2 heterocycles. The second-order valence-electron chi connectivity index (χ2n) is 4.37. The van der Waals surface area contributed by atoms with Gasteiger partial charge in [-0.15, -0.1) is 0 Å². The molecule has 1 aromatic carbocycles. The third kappa shape index (κ3) is 2.78. The SMILES string of the molecule is FC(F)(F)c1nc(NCc2ccccc2)c2cn[nH]c2n1. The van der Waals surface area contributed by atoms with Crippen molar-refractivity contribution in [2.24, 2.45) is 0 Å². The number of H-pyrrole nitrogens is 1. The minimum absolute atomic E-state index is 0.0490. The van der Waals surface area contributed by atoms with E-state index in [1.54, 1.807) is 0 Å². The highest BCUT2D eigenvalue weighted by molar-refractivity contribution is 5.85. The summed E-state index contributed by atoms with van der Waals surface area (Å²) in [5.74, 6) is -1.10. The molecule has 0 fully saturated rings. The highest BCUT2D eigenvalue weighted by atomic mass is 19.4. The smallest absolute Gasteiger partial charge is 0.365 e. The first-order valence-electron chi connectivity index (χ1n) is 6.10. The number of aromatic amines is 1. The molecule has 0 aliphatic heterocycles. The van der Waals surface area contributed by atoms with Gasteiger partial charge in [0.05, 0.1) is 11.6 Å². The zero-order chi connectivity index (χ0) is 14.9. The Morgan fingerprint density at radius 2 is 1.86 bits per heavy atom. The number of halogens is 3. The van der Waals surface area contributed by atoms with Gasteiger partial charge in [0, 0.05) is 6.54 Å². The number of alkyl halides is 3. The summed E-state index contributed by atoms with van der Waals surface area (Å²) in [6, 6.07) is 9.30. The lowest BCUT2D eigenvalue weighted by Gasteiger charge is -2.10. The predicted octanol–water partition coefficient (Wildman–Crippen LogP) is 2.98. The van der Waals surface area contributed by atoms with Crippen molar-refractivity contribution < 1.29 is 13.2 Å². The predicted molar refractivity (Wildman–Crippen MR) is 70.5 cm³/mol. The zero-order valence-electron chi connectivity index (χ0n) is 10.6. The molecule has 2 aromatic heterocycles. The van der Waals surface area contributed by atoms with Gasteiger partial charge in [-0.1, -0.05) is 30.3 Å². The van der Waals surface area contributed by atoms with Gasteiger partial charge in [-0.2, -0.15) is 18.3 Å². The van der Waals surface area contributed by atoms with E-state index in [4.69, 9.17) is 0 Å². The lowest BCUT2D eigenvalue weighted by Crippen LogP contribution is -2.13. The largest absolute Gasteiger partial charge is 0.451 e. The van der Waals surface area contributed by atoms with Gasteiger partial charge in [-0.3, -0.25) is 5.10 Å². The molecular weight excluding hydrogens is 283 g/mol. The van der Waals surface area contributed by atoms with Gasteiger partial charge >= 0.3 is 6.18 Å². The highest BCUT2D eigenvalue weighted by Gasteiger charge is 2.35. The number of anilines is 1. The van der Waals surface area contributed by atoms with Crippen molar-refractivity contribution in [3.63, 3.8) is 0 Å². The highest BCUT2D eigenvalue weighted by Crippen LogP contribution is 2.29. The summed E-state index contributed by atoms with van der Waals surface area (Å²) >= 11 is 0. The van der Waals surface area contributed by atoms with Crippen LogP contribution in [0.1, 0.15) is 11.4 Å². The number of hydrogen-bond acceptors (Lipinski definition) is 4. The van der Waals surface area contributed by atoms with Crippen molar-refractivity contribution in [1.29, 1.82) is 0 Å². The number of nitrogens with one attached hydrogen (secondary N) is 2. The molecule has 0 radical (unpaired) electrons. The molecule has 0 aliphatic carbocycles. The lowest BCUT2D eigenvalue weighted by atomic mass is 10.2. The number of benzene rings is 1. The molecule has 2 N–H and O–H groups in total. The summed E-state index contributed by atoms with van der Waals surface area (Å²) in [6.07, 6.45) is -3.22. The topological polar surface area (TPSA) is 66.5 Å². The Bertz CT molecular complexity index is 751. The minimum atomic E-state index is -4.61. The Hall–Kier alpha value is -2.64. The molecule has 0 unspecified atom stereocenters. The maximum absolute atomic E-state index is 12.8. The van der Waals surface area contributed by atoms with Crippen LogP contribution in [0.3, 0.4) is 0 Å². The van der Waals surface area contributed by atoms with E-state index in [-0.39, 0.29) is 11.5 Å². The molecule has 0 amide bonds. The summed E-state index contributed by atoms with van der Waals surface area (Å²) in [5.41, 5.74) is 0.981. The fourth-order valence-electron chi connectivity index (χ4n) is 1.88. The summed E-state index contributed by atoms with van der Waals surface area (Å²) in [7, 11) is 0. The second kappa shape index (κ2) is 5.04. The molecule has 3 rings (SSSR count). The Morgan fingerprint density at radius 1 is 1.10 bits per heavy atom. The number of fused-ring (bicyclic) bond motifs is 1. The average molecular weight is 293 g/mol. The van der Waals surface area contributed by atoms with Gasteiger partial charge in [-0.25, -0.2) is 9.97 Å². The van der Waals surface area contributed by atoms with Gasteiger partial charge in [-0.05, 0) is 5.56 Å². The van der Waals surface area contributed by atoms with Crippen LogP contribution in [0.5, 0.6) is 0 Å². The Balaban J connectivity index is 1.95. The number of aromatic nitrogens is 4. The van der Waals surface area contributed by atoms with Gasteiger partial charge in [0.15, 0.2) is 5.65 Å². The molecule has 5 nitrogen and oxygen atoms in total. The molecule has 0 saturated heterocycles. The van der Waals surface area contributed by atoms with Crippen molar-refractivity contribution in [3.05, 3.63) is 47.9 Å². The first-order chi connectivity index (χ1) is 10.0.